The SMILES string of the molecule is Cn1c(=O)n(C2CCC(=O)NC2=O)c2cccc(C#CCOC3CCN(CC4CCC(n5cc(NC(=O)c6cnn7ccc(N8CCOC9(CCC9)C8)nc67)c(C(F)F)n5)CC4)CC3)c21. The van der Waals surface area contributed by atoms with Crippen LogP contribution >= 0.6 is 0 Å². The summed E-state index contributed by atoms with van der Waals surface area (Å²) in [7, 11) is 1.66. The van der Waals surface area contributed by atoms with E-state index in [9.17, 15) is 28.0 Å². The van der Waals surface area contributed by atoms with E-state index in [0.29, 0.717) is 41.3 Å². The van der Waals surface area contributed by atoms with Crippen molar-refractivity contribution in [1.82, 2.24) is 43.7 Å². The summed E-state index contributed by atoms with van der Waals surface area (Å²) < 4.78 is 47.0. The number of para-hydroxylation sites is 1. The van der Waals surface area contributed by atoms with Crippen molar-refractivity contribution < 1.29 is 32.6 Å². The quantitative estimate of drug-likeness (QED) is 0.146. The number of rotatable bonds is 10. The third kappa shape index (κ3) is 8.54. The molecule has 1 atom stereocenters. The van der Waals surface area contributed by atoms with Crippen LogP contribution in [-0.2, 0) is 26.1 Å². The number of halogens is 2. The number of alkyl halides is 2. The van der Waals surface area contributed by atoms with Gasteiger partial charge in [-0.3, -0.25) is 33.5 Å². The lowest BCUT2D eigenvalue weighted by Gasteiger charge is -2.48. The summed E-state index contributed by atoms with van der Waals surface area (Å²) in [5.41, 5.74) is 1.50. The predicted octanol–water partition coefficient (Wildman–Crippen LogP) is 4.77. The van der Waals surface area contributed by atoms with Crippen LogP contribution in [0.1, 0.15) is 111 Å². The molecule has 0 bridgehead atoms. The number of hydrogen-bond donors (Lipinski definition) is 2. The third-order valence-electron chi connectivity index (χ3n) is 14.1. The van der Waals surface area contributed by atoms with Gasteiger partial charge in [0.15, 0.2) is 11.3 Å². The summed E-state index contributed by atoms with van der Waals surface area (Å²) in [6.07, 6.45) is 10.8. The Balaban J connectivity index is 0.700. The highest BCUT2D eigenvalue weighted by Crippen LogP contribution is 2.39. The highest BCUT2D eigenvalue weighted by Gasteiger charge is 2.42. The summed E-state index contributed by atoms with van der Waals surface area (Å²) in [6.45, 7) is 5.06. The molecule has 1 aromatic carbocycles. The molecule has 5 aliphatic rings. The zero-order chi connectivity index (χ0) is 44.8. The minimum absolute atomic E-state index is 0.00941. The van der Waals surface area contributed by atoms with E-state index >= 15 is 0 Å². The number of aryl methyl sites for hydroxylation is 1. The first-order valence-electron chi connectivity index (χ1n) is 22.8. The number of morpholine rings is 1. The number of carbonyl (C=O) groups excluding carboxylic acids is 3. The van der Waals surface area contributed by atoms with Crippen LogP contribution < -0.4 is 21.2 Å². The predicted molar refractivity (Wildman–Crippen MR) is 235 cm³/mol. The molecule has 7 heterocycles. The van der Waals surface area contributed by atoms with Crippen LogP contribution in [0.25, 0.3) is 16.7 Å². The number of nitrogens with one attached hydrogen (secondary N) is 2. The van der Waals surface area contributed by atoms with Gasteiger partial charge < -0.3 is 24.6 Å². The van der Waals surface area contributed by atoms with Crippen LogP contribution in [0.2, 0.25) is 0 Å². The van der Waals surface area contributed by atoms with Gasteiger partial charge >= 0.3 is 5.69 Å². The van der Waals surface area contributed by atoms with E-state index in [-0.39, 0.29) is 60.0 Å². The average molecular weight is 894 g/mol. The number of benzene rings is 1. The van der Waals surface area contributed by atoms with Gasteiger partial charge in [-0.05, 0) is 88.3 Å². The number of likely N-dealkylation sites (tertiary alicyclic amines) is 1. The molecule has 1 unspecified atom stereocenters. The van der Waals surface area contributed by atoms with Gasteiger partial charge in [-0.25, -0.2) is 23.1 Å². The maximum Gasteiger partial charge on any atom is 0.329 e. The Morgan fingerprint density at radius 3 is 2.63 bits per heavy atom. The lowest BCUT2D eigenvalue weighted by atomic mass is 9.79. The molecule has 3 amide bonds. The topological polar surface area (TPSA) is 175 Å². The lowest BCUT2D eigenvalue weighted by molar-refractivity contribution is -0.135. The summed E-state index contributed by atoms with van der Waals surface area (Å²) in [5.74, 6) is 6.11. The number of amides is 3. The number of nitrogens with zero attached hydrogens (tertiary/aromatic N) is 9. The first kappa shape index (κ1) is 43.0. The van der Waals surface area contributed by atoms with Crippen molar-refractivity contribution in [3.63, 3.8) is 0 Å². The molecular formula is C46H53F2N11O6. The maximum atomic E-state index is 14.3. The minimum atomic E-state index is -2.87. The van der Waals surface area contributed by atoms with Crippen LogP contribution in [0.15, 0.2) is 47.7 Å². The van der Waals surface area contributed by atoms with Gasteiger partial charge in [-0.15, -0.1) is 0 Å². The minimum Gasteiger partial charge on any atom is -0.371 e. The van der Waals surface area contributed by atoms with Crippen LogP contribution in [0.5, 0.6) is 0 Å². The van der Waals surface area contributed by atoms with Crippen molar-refractivity contribution in [3.8, 4) is 11.8 Å². The third-order valence-corrected chi connectivity index (χ3v) is 14.1. The second kappa shape index (κ2) is 17.8. The Bertz CT molecular complexity index is 2750. The molecule has 65 heavy (non-hydrogen) atoms. The van der Waals surface area contributed by atoms with Crippen molar-refractivity contribution in [2.24, 2.45) is 13.0 Å². The highest BCUT2D eigenvalue weighted by molar-refractivity contribution is 6.08. The number of anilines is 2. The zero-order valence-corrected chi connectivity index (χ0v) is 36.4. The Hall–Kier alpha value is -5.97. The van der Waals surface area contributed by atoms with E-state index in [4.69, 9.17) is 14.5 Å². The molecule has 5 aromatic rings. The maximum absolute atomic E-state index is 14.3. The Labute approximate surface area is 373 Å². The molecule has 10 rings (SSSR count). The fraction of sp³-hybridized carbons (Fsp3) is 0.543. The van der Waals surface area contributed by atoms with E-state index in [1.807, 2.05) is 18.2 Å². The van der Waals surface area contributed by atoms with E-state index in [1.165, 1.54) is 19.8 Å². The molecule has 3 aliphatic heterocycles. The van der Waals surface area contributed by atoms with E-state index in [1.54, 1.807) is 30.2 Å². The molecule has 3 saturated heterocycles. The second-order valence-corrected chi connectivity index (χ2v) is 18.2. The van der Waals surface area contributed by atoms with Crippen LogP contribution in [0, 0.1) is 17.8 Å². The Kier molecular flexibility index (Phi) is 11.7. The highest BCUT2D eigenvalue weighted by atomic mass is 19.3. The summed E-state index contributed by atoms with van der Waals surface area (Å²) in [5, 5.41) is 13.7. The van der Waals surface area contributed by atoms with E-state index in [2.05, 4.69) is 42.5 Å². The smallest absolute Gasteiger partial charge is 0.329 e. The molecule has 2 N–H and O–H groups in total. The number of piperidine rings is 2. The van der Waals surface area contributed by atoms with Gasteiger partial charge in [0.05, 0.1) is 52.8 Å². The molecule has 5 fully saturated rings. The molecule has 2 saturated carbocycles. The largest absolute Gasteiger partial charge is 0.371 e. The average Bonchev–Trinajstić information content (AvgIpc) is 4.00. The molecule has 1 spiro atoms. The van der Waals surface area contributed by atoms with Crippen molar-refractivity contribution in [2.45, 2.75) is 101 Å². The van der Waals surface area contributed by atoms with Crippen molar-refractivity contribution in [2.75, 3.05) is 56.2 Å². The van der Waals surface area contributed by atoms with Gasteiger partial charge in [0, 0.05) is 58.6 Å². The Morgan fingerprint density at radius 1 is 1.06 bits per heavy atom. The molecule has 0 radical (unpaired) electrons. The number of imidazole rings is 1. The van der Waals surface area contributed by atoms with Gasteiger partial charge in [0.2, 0.25) is 11.8 Å². The van der Waals surface area contributed by atoms with Crippen molar-refractivity contribution >= 4 is 45.9 Å². The van der Waals surface area contributed by atoms with E-state index < -0.39 is 30.0 Å². The van der Waals surface area contributed by atoms with Crippen LogP contribution in [0.4, 0.5) is 20.3 Å². The number of carbonyl (C=O) groups is 3. The molecule has 4 aromatic heterocycles. The second-order valence-electron chi connectivity index (χ2n) is 18.2. The molecular weight excluding hydrogens is 841 g/mol. The van der Waals surface area contributed by atoms with E-state index in [0.717, 1.165) is 89.8 Å². The normalized spacial score (nSPS) is 22.9. The molecule has 19 heteroatoms. The first-order chi connectivity index (χ1) is 31.5. The van der Waals surface area contributed by atoms with Crippen molar-refractivity contribution in [1.29, 1.82) is 0 Å². The number of hydrogen-bond acceptors (Lipinski definition) is 11. The summed E-state index contributed by atoms with van der Waals surface area (Å²) in [6, 6.07) is 6.50. The number of ether oxygens (including phenoxy) is 2. The monoisotopic (exact) mass is 893 g/mol. The number of fused-ring (bicyclic) bond motifs is 2. The fourth-order valence-electron chi connectivity index (χ4n) is 10.4. The molecule has 342 valence electrons. The van der Waals surface area contributed by atoms with Gasteiger partial charge in [0.1, 0.15) is 24.0 Å². The Morgan fingerprint density at radius 2 is 1.88 bits per heavy atom. The van der Waals surface area contributed by atoms with Gasteiger partial charge in [-0.1, -0.05) is 17.9 Å². The van der Waals surface area contributed by atoms with Gasteiger partial charge in [-0.2, -0.15) is 10.2 Å². The lowest BCUT2D eigenvalue weighted by Crippen LogP contribution is -2.56. The van der Waals surface area contributed by atoms with Gasteiger partial charge in [0.25, 0.3) is 12.3 Å². The van der Waals surface area contributed by atoms with Crippen LogP contribution in [-0.4, -0.2) is 114 Å². The number of imide groups is 1. The number of aromatic nitrogens is 7. The first-order valence-corrected chi connectivity index (χ1v) is 22.8. The van der Waals surface area contributed by atoms with Crippen molar-refractivity contribution in [3.05, 3.63) is 70.2 Å². The fourth-order valence-corrected chi connectivity index (χ4v) is 10.4. The zero-order valence-electron chi connectivity index (χ0n) is 36.4. The summed E-state index contributed by atoms with van der Waals surface area (Å²) in [4.78, 5) is 60.6. The standard InChI is InChI=1S/C46H53F2N11O6/c1-54-40-30(5-2-7-35(40)59(45(54)63)36-12-13-38(60)52-44(36)62)6-3-23-64-32-14-19-55(20-15-32)26-29-8-10-31(11-9-29)58-27-34(39(53-58)41(47)48)50-43(61)33-25-49-57-21-16-37(51-42(33)57)56-22-24-65-46(28-56)17-4-18-46/h2,5,7,16,21,25,27,29,31-32,36,41H,4,8-15,17-20,22-24,26,28H2,1H3,(H,50,61)(H,52,60,62). The van der Waals surface area contributed by atoms with Crippen LogP contribution in [0.3, 0.4) is 0 Å². The summed E-state index contributed by atoms with van der Waals surface area (Å²) >= 11 is 0. The molecule has 2 aliphatic carbocycles. The molecule has 17 nitrogen and oxygen atoms in total.